The van der Waals surface area contributed by atoms with E-state index < -0.39 is 0 Å². The van der Waals surface area contributed by atoms with E-state index in [-0.39, 0.29) is 12.2 Å². The summed E-state index contributed by atoms with van der Waals surface area (Å²) in [5, 5.41) is 8.98. The first-order chi connectivity index (χ1) is 6.69. The van der Waals surface area contributed by atoms with E-state index >= 15 is 0 Å². The molecule has 0 spiro atoms. The number of aryl methyl sites for hydroxylation is 1. The van der Waals surface area contributed by atoms with Crippen molar-refractivity contribution in [1.82, 2.24) is 0 Å². The number of hydrogen-bond acceptors (Lipinski definition) is 2. The van der Waals surface area contributed by atoms with Crippen LogP contribution in [0.5, 0.6) is 0 Å². The molecule has 1 aromatic carbocycles. The van der Waals surface area contributed by atoms with Gasteiger partial charge in [-0.25, -0.2) is 0 Å². The number of aliphatic hydroxyl groups is 1. The highest BCUT2D eigenvalue weighted by molar-refractivity contribution is 5.39. The lowest BCUT2D eigenvalue weighted by Gasteiger charge is -2.15. The summed E-state index contributed by atoms with van der Waals surface area (Å²) in [6.07, 6.45) is 0.706. The minimum absolute atomic E-state index is 0.176. The molecule has 0 amide bonds. The van der Waals surface area contributed by atoms with Crippen LogP contribution in [-0.4, -0.2) is 18.3 Å². The fourth-order valence-electron chi connectivity index (χ4n) is 1.95. The second kappa shape index (κ2) is 3.37. The van der Waals surface area contributed by atoms with Crippen molar-refractivity contribution in [3.8, 4) is 0 Å². The van der Waals surface area contributed by atoms with E-state index in [1.807, 2.05) is 0 Å². The van der Waals surface area contributed by atoms with Crippen LogP contribution in [0.15, 0.2) is 18.2 Å². The van der Waals surface area contributed by atoms with Crippen molar-refractivity contribution in [3.63, 3.8) is 0 Å². The molecule has 1 heterocycles. The van der Waals surface area contributed by atoms with Crippen molar-refractivity contribution in [2.24, 2.45) is 0 Å². The number of rotatable bonds is 3. The molecule has 1 N–H and O–H groups in total. The maximum absolute atomic E-state index is 8.98. The molecule has 1 fully saturated rings. The zero-order chi connectivity index (χ0) is 10.2. The zero-order valence-corrected chi connectivity index (χ0v) is 8.71. The highest BCUT2D eigenvalue weighted by Crippen LogP contribution is 2.43. The molecule has 1 aromatic rings. The summed E-state index contributed by atoms with van der Waals surface area (Å²) in [6.45, 7) is 5.16. The molecular weight excluding hydrogens is 176 g/mol. The molecule has 0 aromatic heterocycles. The molecule has 2 rings (SSSR count). The van der Waals surface area contributed by atoms with Crippen LogP contribution in [0.2, 0.25) is 0 Å². The maximum atomic E-state index is 8.98. The van der Waals surface area contributed by atoms with Gasteiger partial charge in [0.15, 0.2) is 0 Å². The molecule has 0 aliphatic carbocycles. The van der Waals surface area contributed by atoms with E-state index in [0.29, 0.717) is 6.42 Å². The molecule has 2 heteroatoms. The Morgan fingerprint density at radius 1 is 1.43 bits per heavy atom. The Morgan fingerprint density at radius 3 is 2.71 bits per heavy atom. The maximum Gasteiger partial charge on any atom is 0.119 e. The minimum atomic E-state index is -0.176. The summed E-state index contributed by atoms with van der Waals surface area (Å²) < 4.78 is 5.50. The van der Waals surface area contributed by atoms with Crippen LogP contribution in [0.4, 0.5) is 0 Å². The fraction of sp³-hybridized carbons (Fsp3) is 0.500. The van der Waals surface area contributed by atoms with Gasteiger partial charge in [0.1, 0.15) is 5.60 Å². The smallest absolute Gasteiger partial charge is 0.119 e. The summed E-state index contributed by atoms with van der Waals surface area (Å²) in [6, 6.07) is 6.26. The molecule has 76 valence electrons. The monoisotopic (exact) mass is 192 g/mol. The Hall–Kier alpha value is -0.860. The van der Waals surface area contributed by atoms with Crippen molar-refractivity contribution >= 4 is 0 Å². The Kier molecular flexibility index (Phi) is 2.33. The first-order valence-corrected chi connectivity index (χ1v) is 5.01. The summed E-state index contributed by atoms with van der Waals surface area (Å²) in [7, 11) is 0. The largest absolute Gasteiger partial charge is 0.396 e. The van der Waals surface area contributed by atoms with Crippen LogP contribution >= 0.6 is 0 Å². The molecule has 0 saturated carbocycles. The minimum Gasteiger partial charge on any atom is -0.396 e. The number of ether oxygens (including phenoxy) is 1. The van der Waals surface area contributed by atoms with Crippen molar-refractivity contribution < 1.29 is 9.84 Å². The Bertz CT molecular complexity index is 340. The van der Waals surface area contributed by atoms with Gasteiger partial charge >= 0.3 is 0 Å². The third-order valence-electron chi connectivity index (χ3n) is 3.10. The van der Waals surface area contributed by atoms with E-state index in [0.717, 1.165) is 6.61 Å². The third-order valence-corrected chi connectivity index (χ3v) is 3.10. The van der Waals surface area contributed by atoms with Gasteiger partial charge in [-0.15, -0.1) is 0 Å². The molecule has 1 aliphatic rings. The van der Waals surface area contributed by atoms with Crippen molar-refractivity contribution in [1.29, 1.82) is 0 Å². The quantitative estimate of drug-likeness (QED) is 0.742. The number of epoxide rings is 1. The fourth-order valence-corrected chi connectivity index (χ4v) is 1.95. The molecule has 14 heavy (non-hydrogen) atoms. The first-order valence-electron chi connectivity index (χ1n) is 5.01. The standard InChI is InChI=1S/C12H16O2/c1-9-4-3-5-11(10(9)2)12(6-7-13)8-14-12/h3-5,13H,6-8H2,1-2H3. The molecule has 0 radical (unpaired) electrons. The Labute approximate surface area is 84.5 Å². The van der Waals surface area contributed by atoms with Gasteiger partial charge in [-0.2, -0.15) is 0 Å². The van der Waals surface area contributed by atoms with Crippen molar-refractivity contribution in [2.75, 3.05) is 13.2 Å². The highest BCUT2D eigenvalue weighted by atomic mass is 16.6. The normalized spacial score (nSPS) is 25.1. The topological polar surface area (TPSA) is 32.8 Å². The van der Waals surface area contributed by atoms with Gasteiger partial charge < -0.3 is 9.84 Å². The molecule has 1 unspecified atom stereocenters. The second-order valence-corrected chi connectivity index (χ2v) is 4.00. The molecule has 2 nitrogen and oxygen atoms in total. The van der Waals surface area contributed by atoms with Crippen LogP contribution in [0.25, 0.3) is 0 Å². The van der Waals surface area contributed by atoms with Gasteiger partial charge in [0.05, 0.1) is 6.61 Å². The van der Waals surface area contributed by atoms with Gasteiger partial charge in [0, 0.05) is 13.0 Å². The van der Waals surface area contributed by atoms with E-state index in [1.165, 1.54) is 16.7 Å². The lowest BCUT2D eigenvalue weighted by atomic mass is 9.90. The predicted octanol–water partition coefficient (Wildman–Crippen LogP) is 1.91. The zero-order valence-electron chi connectivity index (χ0n) is 8.71. The molecule has 1 atom stereocenters. The van der Waals surface area contributed by atoms with Crippen LogP contribution in [0.1, 0.15) is 23.1 Å². The summed E-state index contributed by atoms with van der Waals surface area (Å²) in [5.74, 6) is 0. The van der Waals surface area contributed by atoms with Crippen molar-refractivity contribution in [3.05, 3.63) is 34.9 Å². The molecular formula is C12H16O2. The number of hydrogen-bond donors (Lipinski definition) is 1. The van der Waals surface area contributed by atoms with Crippen LogP contribution in [-0.2, 0) is 10.3 Å². The SMILES string of the molecule is Cc1cccc(C2(CCO)CO2)c1C. The number of benzene rings is 1. The van der Waals surface area contributed by atoms with E-state index in [9.17, 15) is 0 Å². The van der Waals surface area contributed by atoms with Crippen LogP contribution in [0, 0.1) is 13.8 Å². The predicted molar refractivity (Wildman–Crippen MR) is 55.2 cm³/mol. The summed E-state index contributed by atoms with van der Waals surface area (Å²) in [5.41, 5.74) is 3.64. The summed E-state index contributed by atoms with van der Waals surface area (Å²) >= 11 is 0. The second-order valence-electron chi connectivity index (χ2n) is 4.00. The summed E-state index contributed by atoms with van der Waals surface area (Å²) in [4.78, 5) is 0. The first kappa shape index (κ1) is 9.69. The van der Waals surface area contributed by atoms with Gasteiger partial charge in [-0.1, -0.05) is 18.2 Å². The van der Waals surface area contributed by atoms with Gasteiger partial charge in [-0.05, 0) is 30.5 Å². The van der Waals surface area contributed by atoms with E-state index in [2.05, 4.69) is 32.0 Å². The van der Waals surface area contributed by atoms with Gasteiger partial charge in [-0.3, -0.25) is 0 Å². The molecule has 1 saturated heterocycles. The molecule has 0 bridgehead atoms. The average Bonchev–Trinajstić information content (AvgIpc) is 2.91. The highest BCUT2D eigenvalue weighted by Gasteiger charge is 2.46. The van der Waals surface area contributed by atoms with Gasteiger partial charge in [0.2, 0.25) is 0 Å². The Balaban J connectivity index is 2.37. The average molecular weight is 192 g/mol. The lowest BCUT2D eigenvalue weighted by Crippen LogP contribution is -2.13. The number of aliphatic hydroxyl groups excluding tert-OH is 1. The van der Waals surface area contributed by atoms with Crippen LogP contribution < -0.4 is 0 Å². The van der Waals surface area contributed by atoms with E-state index in [1.54, 1.807) is 0 Å². The van der Waals surface area contributed by atoms with Crippen molar-refractivity contribution in [2.45, 2.75) is 25.9 Å². The Morgan fingerprint density at radius 2 is 2.14 bits per heavy atom. The third kappa shape index (κ3) is 1.45. The lowest BCUT2D eigenvalue weighted by molar-refractivity contribution is 0.214. The van der Waals surface area contributed by atoms with E-state index in [4.69, 9.17) is 9.84 Å². The molecule has 1 aliphatic heterocycles. The van der Waals surface area contributed by atoms with Crippen LogP contribution in [0.3, 0.4) is 0 Å². The van der Waals surface area contributed by atoms with Gasteiger partial charge in [0.25, 0.3) is 0 Å².